The van der Waals surface area contributed by atoms with Crippen LogP contribution in [0.2, 0.25) is 0 Å². The predicted octanol–water partition coefficient (Wildman–Crippen LogP) is 5.23. The van der Waals surface area contributed by atoms with E-state index < -0.39 is 0 Å². The monoisotopic (exact) mass is 379 g/mol. The smallest absolute Gasteiger partial charge is 0.184 e. The van der Waals surface area contributed by atoms with E-state index in [0.717, 1.165) is 29.9 Å². The average molecular weight is 380 g/mol. The number of rotatable bonds is 7. The highest BCUT2D eigenvalue weighted by atomic mass is 32.1. The van der Waals surface area contributed by atoms with Crippen molar-refractivity contribution in [1.82, 2.24) is 19.7 Å². The molecular weight excluding hydrogens is 354 g/mol. The summed E-state index contributed by atoms with van der Waals surface area (Å²) in [5.41, 5.74) is 2.39. The maximum atomic E-state index is 4.69. The third-order valence-corrected chi connectivity index (χ3v) is 6.26. The number of aromatic nitrogens is 4. The molecule has 2 unspecified atom stereocenters. The largest absolute Gasteiger partial charge is 0.355 e. The maximum absolute atomic E-state index is 4.69. The fourth-order valence-corrected chi connectivity index (χ4v) is 4.72. The number of hydrogen-bond acceptors (Lipinski definition) is 5. The summed E-state index contributed by atoms with van der Waals surface area (Å²) in [7, 11) is 0. The minimum Gasteiger partial charge on any atom is -0.355 e. The molecule has 0 spiro atoms. The van der Waals surface area contributed by atoms with Crippen molar-refractivity contribution in [3.05, 3.63) is 60.7 Å². The lowest BCUT2D eigenvalue weighted by atomic mass is 9.86. The van der Waals surface area contributed by atoms with Crippen molar-refractivity contribution in [3.63, 3.8) is 0 Å². The molecule has 0 aliphatic heterocycles. The minimum absolute atomic E-state index is 0.252. The summed E-state index contributed by atoms with van der Waals surface area (Å²) < 4.78 is 3.23. The Morgan fingerprint density at radius 3 is 2.78 bits per heavy atom. The number of nitrogens with one attached hydrogen (secondary N) is 1. The van der Waals surface area contributed by atoms with Gasteiger partial charge in [-0.3, -0.25) is 0 Å². The van der Waals surface area contributed by atoms with Gasteiger partial charge in [0.25, 0.3) is 0 Å². The summed E-state index contributed by atoms with van der Waals surface area (Å²) in [5.74, 6) is 0.552. The van der Waals surface area contributed by atoms with Crippen molar-refractivity contribution in [2.45, 2.75) is 45.2 Å². The van der Waals surface area contributed by atoms with Crippen LogP contribution in [0.4, 0.5) is 5.13 Å². The third-order valence-electron chi connectivity index (χ3n) is 5.29. The SMILES string of the molecule is CCC(CC)C(C1=CCC(Nc2nc3ccccc3s2)C=C1)n1cncn1. The number of anilines is 1. The zero-order valence-corrected chi connectivity index (χ0v) is 16.6. The highest BCUT2D eigenvalue weighted by molar-refractivity contribution is 7.22. The van der Waals surface area contributed by atoms with Crippen molar-refractivity contribution < 1.29 is 0 Å². The number of nitrogens with zero attached hydrogens (tertiary/aromatic N) is 4. The number of benzene rings is 1. The molecule has 2 aromatic heterocycles. The first-order valence-electron chi connectivity index (χ1n) is 9.63. The Bertz CT molecular complexity index is 904. The summed E-state index contributed by atoms with van der Waals surface area (Å²) in [5, 5.41) is 8.97. The summed E-state index contributed by atoms with van der Waals surface area (Å²) >= 11 is 1.71. The van der Waals surface area contributed by atoms with E-state index in [9.17, 15) is 0 Å². The van der Waals surface area contributed by atoms with Gasteiger partial charge in [-0.15, -0.1) is 0 Å². The third kappa shape index (κ3) is 3.81. The molecular formula is C21H25N5S. The van der Waals surface area contributed by atoms with Crippen LogP contribution in [-0.2, 0) is 0 Å². The van der Waals surface area contributed by atoms with Crippen LogP contribution >= 0.6 is 11.3 Å². The average Bonchev–Trinajstić information content (AvgIpc) is 3.36. The van der Waals surface area contributed by atoms with E-state index in [4.69, 9.17) is 0 Å². The van der Waals surface area contributed by atoms with Gasteiger partial charge < -0.3 is 5.32 Å². The van der Waals surface area contributed by atoms with Crippen molar-refractivity contribution in [2.75, 3.05) is 5.32 Å². The second kappa shape index (κ2) is 8.05. The molecule has 0 fully saturated rings. The van der Waals surface area contributed by atoms with E-state index in [1.54, 1.807) is 17.7 Å². The molecule has 27 heavy (non-hydrogen) atoms. The lowest BCUT2D eigenvalue weighted by Gasteiger charge is -2.29. The molecule has 0 bridgehead atoms. The van der Waals surface area contributed by atoms with Gasteiger partial charge in [0, 0.05) is 0 Å². The molecule has 4 rings (SSSR count). The van der Waals surface area contributed by atoms with Crippen LogP contribution in [0.1, 0.15) is 39.2 Å². The molecule has 1 aliphatic carbocycles. The van der Waals surface area contributed by atoms with E-state index in [1.807, 2.05) is 17.1 Å². The van der Waals surface area contributed by atoms with Gasteiger partial charge in [-0.25, -0.2) is 14.6 Å². The normalized spacial score (nSPS) is 18.0. The molecule has 0 amide bonds. The highest BCUT2D eigenvalue weighted by Crippen LogP contribution is 2.34. The second-order valence-electron chi connectivity index (χ2n) is 6.93. The van der Waals surface area contributed by atoms with Crippen molar-refractivity contribution >= 4 is 26.7 Å². The molecule has 0 saturated carbocycles. The first-order valence-corrected chi connectivity index (χ1v) is 10.4. The van der Waals surface area contributed by atoms with E-state index >= 15 is 0 Å². The molecule has 1 aliphatic rings. The molecule has 140 valence electrons. The Hall–Kier alpha value is -2.47. The van der Waals surface area contributed by atoms with Gasteiger partial charge in [0.2, 0.25) is 0 Å². The van der Waals surface area contributed by atoms with Crippen LogP contribution in [-0.4, -0.2) is 25.8 Å². The fraction of sp³-hybridized carbons (Fsp3) is 0.381. The van der Waals surface area contributed by atoms with Crippen molar-refractivity contribution in [2.24, 2.45) is 5.92 Å². The number of hydrogen-bond donors (Lipinski definition) is 1. The van der Waals surface area contributed by atoms with Crippen LogP contribution in [0.3, 0.4) is 0 Å². The lowest BCUT2D eigenvalue weighted by Crippen LogP contribution is -2.24. The first-order chi connectivity index (χ1) is 13.3. The zero-order valence-electron chi connectivity index (χ0n) is 15.7. The number of para-hydroxylation sites is 1. The van der Waals surface area contributed by atoms with Crippen LogP contribution in [0.25, 0.3) is 10.2 Å². The summed E-state index contributed by atoms with van der Waals surface area (Å²) in [6.45, 7) is 4.51. The molecule has 0 saturated heterocycles. The Kier molecular flexibility index (Phi) is 5.34. The van der Waals surface area contributed by atoms with Gasteiger partial charge in [-0.05, 0) is 30.0 Å². The molecule has 1 N–H and O–H groups in total. The van der Waals surface area contributed by atoms with Gasteiger partial charge in [-0.2, -0.15) is 5.10 Å². The van der Waals surface area contributed by atoms with Crippen molar-refractivity contribution in [1.29, 1.82) is 0 Å². The van der Waals surface area contributed by atoms with E-state index in [1.165, 1.54) is 10.3 Å². The minimum atomic E-state index is 0.252. The Morgan fingerprint density at radius 2 is 2.11 bits per heavy atom. The predicted molar refractivity (Wildman–Crippen MR) is 112 cm³/mol. The maximum Gasteiger partial charge on any atom is 0.184 e. The molecule has 0 radical (unpaired) electrons. The molecule has 2 heterocycles. The van der Waals surface area contributed by atoms with E-state index in [-0.39, 0.29) is 12.1 Å². The Labute approximate surface area is 163 Å². The molecule has 3 aromatic rings. The molecule has 6 heteroatoms. The summed E-state index contributed by atoms with van der Waals surface area (Å²) in [6, 6.07) is 8.79. The summed E-state index contributed by atoms with van der Waals surface area (Å²) in [6.07, 6.45) is 13.5. The number of fused-ring (bicyclic) bond motifs is 1. The van der Waals surface area contributed by atoms with Crippen LogP contribution in [0.15, 0.2) is 60.7 Å². The van der Waals surface area contributed by atoms with E-state index in [2.05, 4.69) is 70.7 Å². The second-order valence-corrected chi connectivity index (χ2v) is 7.96. The van der Waals surface area contributed by atoms with Crippen LogP contribution in [0.5, 0.6) is 0 Å². The summed E-state index contributed by atoms with van der Waals surface area (Å²) in [4.78, 5) is 8.85. The van der Waals surface area contributed by atoms with Gasteiger partial charge in [0.1, 0.15) is 12.7 Å². The molecule has 5 nitrogen and oxygen atoms in total. The van der Waals surface area contributed by atoms with Gasteiger partial charge >= 0.3 is 0 Å². The zero-order chi connectivity index (χ0) is 18.6. The molecule has 1 aromatic carbocycles. The highest BCUT2D eigenvalue weighted by Gasteiger charge is 2.25. The van der Waals surface area contributed by atoms with Crippen molar-refractivity contribution in [3.8, 4) is 0 Å². The fourth-order valence-electron chi connectivity index (χ4n) is 3.79. The quantitative estimate of drug-likeness (QED) is 0.610. The molecule has 2 atom stereocenters. The number of thiazole rings is 1. The van der Waals surface area contributed by atoms with Gasteiger partial charge in [-0.1, -0.05) is 68.4 Å². The topological polar surface area (TPSA) is 55.6 Å². The number of allylic oxidation sites excluding steroid dienone is 2. The van der Waals surface area contributed by atoms with Gasteiger partial charge in [0.15, 0.2) is 5.13 Å². The Morgan fingerprint density at radius 1 is 1.26 bits per heavy atom. The first kappa shape index (κ1) is 17.9. The van der Waals surface area contributed by atoms with E-state index in [0.29, 0.717) is 5.92 Å². The van der Waals surface area contributed by atoms with Crippen LogP contribution in [0, 0.1) is 5.92 Å². The van der Waals surface area contributed by atoms with Crippen LogP contribution < -0.4 is 5.32 Å². The Balaban J connectivity index is 1.49. The standard InChI is InChI=1S/C21H25N5S/c1-3-15(4-2)20(26-14-22-13-23-26)16-9-11-17(12-10-16)24-21-25-18-7-5-6-8-19(18)27-21/h5-11,13-15,17,20H,3-4,12H2,1-2H3,(H,24,25). The lowest BCUT2D eigenvalue weighted by molar-refractivity contribution is 0.330. The van der Waals surface area contributed by atoms with Gasteiger partial charge in [0.05, 0.1) is 22.3 Å².